The summed E-state index contributed by atoms with van der Waals surface area (Å²) in [5.74, 6) is -0.514. The Kier molecular flexibility index (Phi) is 20.9. The van der Waals surface area contributed by atoms with Gasteiger partial charge >= 0.3 is 6.03 Å². The minimum atomic E-state index is -0.359. The number of nitrogens with one attached hydrogen (secondary N) is 1. The summed E-state index contributed by atoms with van der Waals surface area (Å²) in [5.41, 5.74) is 1.35. The van der Waals surface area contributed by atoms with E-state index in [9.17, 15) is 28.8 Å². The number of rotatable bonds is 25. The zero-order valence-corrected chi connectivity index (χ0v) is 29.6. The summed E-state index contributed by atoms with van der Waals surface area (Å²) in [6.07, 6.45) is 8.03. The molecule has 0 fully saturated rings. The lowest BCUT2D eigenvalue weighted by molar-refractivity contribution is -0.135. The molecule has 4 amide bonds. The van der Waals surface area contributed by atoms with Gasteiger partial charge in [-0.1, -0.05) is 51.7 Å². The number of nitrogens with zero attached hydrogens (tertiary/aromatic N) is 3. The van der Waals surface area contributed by atoms with Crippen LogP contribution < -0.4 is 10.2 Å². The number of urea groups is 1. The number of ether oxygens (including phenoxy) is 1. The quantitative estimate of drug-likeness (QED) is 0.116. The van der Waals surface area contributed by atoms with E-state index in [0.717, 1.165) is 50.5 Å². The number of amides is 4. The third-order valence-corrected chi connectivity index (χ3v) is 8.19. The van der Waals surface area contributed by atoms with Crippen molar-refractivity contribution in [1.29, 1.82) is 0 Å². The molecule has 1 unspecified atom stereocenters. The molecule has 0 aliphatic heterocycles. The van der Waals surface area contributed by atoms with Gasteiger partial charge in [0.1, 0.15) is 23.8 Å². The Balaban J connectivity index is 2.24. The molecule has 0 saturated carbocycles. The van der Waals surface area contributed by atoms with Gasteiger partial charge in [0.25, 0.3) is 0 Å². The fourth-order valence-electron chi connectivity index (χ4n) is 5.11. The van der Waals surface area contributed by atoms with E-state index in [1.165, 1.54) is 16.7 Å². The van der Waals surface area contributed by atoms with Crippen molar-refractivity contribution in [2.45, 2.75) is 97.8 Å². The molecule has 0 bridgehead atoms. The fraction of sp³-hybridized carbons (Fsp3) is 0.667. The molecule has 1 aromatic carbocycles. The van der Waals surface area contributed by atoms with Crippen molar-refractivity contribution in [3.63, 3.8) is 0 Å². The maximum absolute atomic E-state index is 12.7. The number of hydrogen-bond acceptors (Lipinski definition) is 7. The highest BCUT2D eigenvalue weighted by Crippen LogP contribution is 2.19. The molecule has 0 aliphatic carbocycles. The first kappa shape index (κ1) is 41.4. The summed E-state index contributed by atoms with van der Waals surface area (Å²) in [6, 6.07) is 6.75. The number of likely N-dealkylation sites (N-methyl/N-ethyl adjacent to an activating group) is 1. The molecule has 0 aromatic heterocycles. The molecule has 264 valence electrons. The molecular weight excluding hydrogens is 600 g/mol. The number of carbonyl (C=O) groups is 6. The van der Waals surface area contributed by atoms with Crippen molar-refractivity contribution in [2.24, 2.45) is 5.92 Å². The van der Waals surface area contributed by atoms with Crippen LogP contribution in [0.2, 0.25) is 0 Å². The minimum absolute atomic E-state index is 0.0945. The van der Waals surface area contributed by atoms with Crippen LogP contribution in [0.1, 0.15) is 97.0 Å². The summed E-state index contributed by atoms with van der Waals surface area (Å²) in [4.78, 5) is 77.3. The normalized spacial score (nSPS) is 11.4. The first-order chi connectivity index (χ1) is 22.4. The van der Waals surface area contributed by atoms with Gasteiger partial charge in [0.2, 0.25) is 11.8 Å². The van der Waals surface area contributed by atoms with Crippen LogP contribution in [0.15, 0.2) is 24.3 Å². The summed E-state index contributed by atoms with van der Waals surface area (Å²) >= 11 is 0. The Bertz CT molecular complexity index is 1140. The van der Waals surface area contributed by atoms with Crippen LogP contribution in [0.4, 0.5) is 10.5 Å². The molecule has 47 heavy (non-hydrogen) atoms. The SMILES string of the molecule is CCCCCC(CCCCNC(=O)N(C)CCCOCCN(C)C(=O)CC(=O)N(C)c1ccc(CC(=O)CC(C)=O)cc1)C(=O)CC. The highest BCUT2D eigenvalue weighted by Gasteiger charge is 2.19. The van der Waals surface area contributed by atoms with Gasteiger partial charge in [0.15, 0.2) is 0 Å². The van der Waals surface area contributed by atoms with Gasteiger partial charge in [0, 0.05) is 71.8 Å². The van der Waals surface area contributed by atoms with Crippen LogP contribution in [-0.4, -0.2) is 99.0 Å². The number of carbonyl (C=O) groups excluding carboxylic acids is 6. The first-order valence-electron chi connectivity index (χ1n) is 17.1. The molecule has 0 radical (unpaired) electrons. The largest absolute Gasteiger partial charge is 0.380 e. The number of hydrogen-bond donors (Lipinski definition) is 1. The highest BCUT2D eigenvalue weighted by molar-refractivity contribution is 6.04. The Labute approximate surface area is 281 Å². The Morgan fingerprint density at radius 1 is 0.766 bits per heavy atom. The minimum Gasteiger partial charge on any atom is -0.380 e. The summed E-state index contributed by atoms with van der Waals surface area (Å²) in [7, 11) is 4.96. The number of ketones is 3. The first-order valence-corrected chi connectivity index (χ1v) is 17.1. The van der Waals surface area contributed by atoms with Gasteiger partial charge in [0.05, 0.1) is 13.0 Å². The second-order valence-electron chi connectivity index (χ2n) is 12.3. The number of Topliss-reactive ketones (excluding diaryl/α,β-unsaturated/α-hetero) is 3. The van der Waals surface area contributed by atoms with Crippen molar-refractivity contribution >= 4 is 40.9 Å². The van der Waals surface area contributed by atoms with E-state index < -0.39 is 0 Å². The molecule has 11 heteroatoms. The van der Waals surface area contributed by atoms with Gasteiger partial charge < -0.3 is 24.8 Å². The Morgan fingerprint density at radius 3 is 2.04 bits per heavy atom. The van der Waals surface area contributed by atoms with Gasteiger partial charge in [-0.05, 0) is 50.3 Å². The maximum Gasteiger partial charge on any atom is 0.317 e. The number of unbranched alkanes of at least 4 members (excludes halogenated alkanes) is 3. The number of benzene rings is 1. The second-order valence-corrected chi connectivity index (χ2v) is 12.3. The lowest BCUT2D eigenvalue weighted by Crippen LogP contribution is -2.38. The van der Waals surface area contributed by atoms with E-state index >= 15 is 0 Å². The van der Waals surface area contributed by atoms with E-state index in [-0.39, 0.29) is 54.6 Å². The molecule has 0 saturated heterocycles. The van der Waals surface area contributed by atoms with Crippen LogP contribution in [-0.2, 0) is 35.1 Å². The number of anilines is 1. The molecule has 1 N–H and O–H groups in total. The Hall–Kier alpha value is -3.60. The molecule has 1 rings (SSSR count). The maximum atomic E-state index is 12.7. The molecule has 0 aliphatic rings. The van der Waals surface area contributed by atoms with Crippen molar-refractivity contribution in [1.82, 2.24) is 15.1 Å². The van der Waals surface area contributed by atoms with Crippen LogP contribution in [0.25, 0.3) is 0 Å². The lowest BCUT2D eigenvalue weighted by atomic mass is 9.90. The monoisotopic (exact) mass is 658 g/mol. The van der Waals surface area contributed by atoms with Gasteiger partial charge in [-0.15, -0.1) is 0 Å². The van der Waals surface area contributed by atoms with Crippen LogP contribution in [0, 0.1) is 5.92 Å². The van der Waals surface area contributed by atoms with Crippen molar-refractivity contribution < 1.29 is 33.5 Å². The second kappa shape index (κ2) is 23.7. The molecule has 0 heterocycles. The standard InChI is InChI=1S/C36H58N4O7/c1-7-9-10-14-30(33(43)8-2)15-11-12-20-37-36(46)39(5)21-13-23-47-24-22-38(4)34(44)27-35(45)40(6)31-18-16-29(17-19-31)26-32(42)25-28(3)41/h16-19,30H,7-15,20-27H2,1-6H3,(H,37,46). The molecular formula is C36H58N4O7. The van der Waals surface area contributed by atoms with Gasteiger partial charge in [-0.2, -0.15) is 0 Å². The molecule has 11 nitrogen and oxygen atoms in total. The van der Waals surface area contributed by atoms with E-state index in [1.54, 1.807) is 50.3 Å². The average Bonchev–Trinajstić information content (AvgIpc) is 3.04. The van der Waals surface area contributed by atoms with E-state index in [4.69, 9.17) is 4.74 Å². The predicted octanol–water partition coefficient (Wildman–Crippen LogP) is 4.98. The van der Waals surface area contributed by atoms with Crippen LogP contribution in [0.3, 0.4) is 0 Å². The molecule has 1 atom stereocenters. The van der Waals surface area contributed by atoms with Gasteiger partial charge in [-0.25, -0.2) is 4.79 Å². The van der Waals surface area contributed by atoms with Gasteiger partial charge in [-0.3, -0.25) is 24.0 Å². The van der Waals surface area contributed by atoms with Crippen LogP contribution in [0.5, 0.6) is 0 Å². The van der Waals surface area contributed by atoms with E-state index in [2.05, 4.69) is 12.2 Å². The predicted molar refractivity (Wildman–Crippen MR) is 184 cm³/mol. The van der Waals surface area contributed by atoms with Crippen molar-refractivity contribution in [3.05, 3.63) is 29.8 Å². The van der Waals surface area contributed by atoms with Crippen molar-refractivity contribution in [3.8, 4) is 0 Å². The zero-order chi connectivity index (χ0) is 35.2. The van der Waals surface area contributed by atoms with Crippen molar-refractivity contribution in [2.75, 3.05) is 58.9 Å². The Morgan fingerprint density at radius 2 is 1.43 bits per heavy atom. The van der Waals surface area contributed by atoms with Crippen LogP contribution >= 0.6 is 0 Å². The third-order valence-electron chi connectivity index (χ3n) is 8.19. The van der Waals surface area contributed by atoms with E-state index in [1.807, 2.05) is 6.92 Å². The smallest absolute Gasteiger partial charge is 0.317 e. The highest BCUT2D eigenvalue weighted by atomic mass is 16.5. The fourth-order valence-corrected chi connectivity index (χ4v) is 5.11. The third kappa shape index (κ3) is 17.8. The average molecular weight is 659 g/mol. The zero-order valence-electron chi connectivity index (χ0n) is 29.6. The summed E-state index contributed by atoms with van der Waals surface area (Å²) in [5, 5.41) is 2.94. The topological polar surface area (TPSA) is 133 Å². The summed E-state index contributed by atoms with van der Waals surface area (Å²) < 4.78 is 5.65. The summed E-state index contributed by atoms with van der Waals surface area (Å²) in [6.45, 7) is 7.66. The lowest BCUT2D eigenvalue weighted by Gasteiger charge is -2.21. The van der Waals surface area contributed by atoms with E-state index in [0.29, 0.717) is 57.2 Å². The molecule has 0 spiro atoms. The molecule has 1 aromatic rings.